The molecule has 174 valence electrons. The number of ether oxygens (including phenoxy) is 1. The van der Waals surface area contributed by atoms with E-state index in [1.165, 1.54) is 16.4 Å². The maximum absolute atomic E-state index is 13.3. The maximum Gasteiger partial charge on any atom is 0.243 e. The lowest BCUT2D eigenvalue weighted by Gasteiger charge is -2.23. The molecule has 0 saturated carbocycles. The number of halogens is 1. The minimum Gasteiger partial charge on any atom is -0.497 e. The first-order valence-corrected chi connectivity index (χ1v) is 12.8. The highest BCUT2D eigenvalue weighted by Gasteiger charge is 2.27. The van der Waals surface area contributed by atoms with Gasteiger partial charge < -0.3 is 10.1 Å². The van der Waals surface area contributed by atoms with Gasteiger partial charge >= 0.3 is 0 Å². The fraction of sp³-hybridized carbons (Fsp3) is 0.240. The van der Waals surface area contributed by atoms with E-state index in [0.29, 0.717) is 6.42 Å². The lowest BCUT2D eigenvalue weighted by Crippen LogP contribution is -2.42. The van der Waals surface area contributed by atoms with Gasteiger partial charge in [0.15, 0.2) is 0 Å². The van der Waals surface area contributed by atoms with Crippen molar-refractivity contribution in [3.63, 3.8) is 0 Å². The Hall–Kier alpha value is -2.68. The smallest absolute Gasteiger partial charge is 0.243 e. The summed E-state index contributed by atoms with van der Waals surface area (Å²) in [6, 6.07) is 23.1. The van der Waals surface area contributed by atoms with Crippen molar-refractivity contribution in [1.82, 2.24) is 9.62 Å². The third-order valence-corrected chi connectivity index (χ3v) is 7.65. The molecule has 6 nitrogen and oxygen atoms in total. The van der Waals surface area contributed by atoms with Crippen molar-refractivity contribution in [2.24, 2.45) is 0 Å². The van der Waals surface area contributed by atoms with E-state index >= 15 is 0 Å². The van der Waals surface area contributed by atoms with E-state index in [9.17, 15) is 13.2 Å². The third-order valence-electron chi connectivity index (χ3n) is 5.26. The highest BCUT2D eigenvalue weighted by atomic mass is 79.9. The molecule has 0 aliphatic rings. The van der Waals surface area contributed by atoms with Crippen molar-refractivity contribution < 1.29 is 17.9 Å². The molecule has 8 heteroatoms. The predicted molar refractivity (Wildman–Crippen MR) is 133 cm³/mol. The molecule has 0 aliphatic carbocycles. The van der Waals surface area contributed by atoms with E-state index in [0.717, 1.165) is 21.3 Å². The van der Waals surface area contributed by atoms with Crippen LogP contribution in [0, 0.1) is 0 Å². The van der Waals surface area contributed by atoms with Gasteiger partial charge in [-0.1, -0.05) is 58.4 Å². The zero-order valence-electron chi connectivity index (χ0n) is 18.6. The van der Waals surface area contributed by atoms with E-state index < -0.39 is 10.0 Å². The van der Waals surface area contributed by atoms with E-state index in [-0.39, 0.29) is 29.9 Å². The minimum atomic E-state index is -3.86. The molecule has 0 aromatic heterocycles. The molecule has 1 amide bonds. The average molecular weight is 531 g/mol. The zero-order valence-corrected chi connectivity index (χ0v) is 21.0. The van der Waals surface area contributed by atoms with Crippen molar-refractivity contribution in [3.05, 3.63) is 94.5 Å². The summed E-state index contributed by atoms with van der Waals surface area (Å²) in [7, 11) is -2.26. The van der Waals surface area contributed by atoms with Crippen LogP contribution < -0.4 is 10.1 Å². The molecule has 1 unspecified atom stereocenters. The molecule has 0 aliphatic heterocycles. The molecule has 1 atom stereocenters. The highest BCUT2D eigenvalue weighted by molar-refractivity contribution is 9.10. The number of rotatable bonds is 10. The molecule has 3 rings (SSSR count). The molecule has 3 aromatic rings. The molecular weight excluding hydrogens is 504 g/mol. The summed E-state index contributed by atoms with van der Waals surface area (Å²) in [5, 5.41) is 2.90. The second-order valence-electron chi connectivity index (χ2n) is 7.59. The topological polar surface area (TPSA) is 75.7 Å². The first kappa shape index (κ1) is 25.0. The van der Waals surface area contributed by atoms with Gasteiger partial charge in [-0.2, -0.15) is 4.31 Å². The van der Waals surface area contributed by atoms with Crippen molar-refractivity contribution >= 4 is 31.9 Å². The number of benzene rings is 3. The number of sulfonamides is 1. The van der Waals surface area contributed by atoms with Gasteiger partial charge in [-0.15, -0.1) is 0 Å². The summed E-state index contributed by atoms with van der Waals surface area (Å²) in [6.07, 6.45) is 0.498. The summed E-state index contributed by atoms with van der Waals surface area (Å²) in [5.74, 6) is 0.358. The van der Waals surface area contributed by atoms with Gasteiger partial charge in [0, 0.05) is 11.0 Å². The van der Waals surface area contributed by atoms with Crippen LogP contribution in [-0.4, -0.2) is 38.8 Å². The van der Waals surface area contributed by atoms with Crippen LogP contribution in [0.1, 0.15) is 24.1 Å². The van der Waals surface area contributed by atoms with Gasteiger partial charge in [0.2, 0.25) is 15.9 Å². The number of hydrogen-bond donors (Lipinski definition) is 1. The van der Waals surface area contributed by atoms with Crippen molar-refractivity contribution in [3.8, 4) is 5.75 Å². The quantitative estimate of drug-likeness (QED) is 0.416. The Morgan fingerprint density at radius 3 is 2.24 bits per heavy atom. The first-order chi connectivity index (χ1) is 15.8. The molecule has 0 heterocycles. The van der Waals surface area contributed by atoms with E-state index in [1.807, 2.05) is 61.5 Å². The molecular formula is C25H27BrN2O4S. The monoisotopic (exact) mass is 530 g/mol. The van der Waals surface area contributed by atoms with Crippen LogP contribution in [0.4, 0.5) is 0 Å². The third kappa shape index (κ3) is 6.90. The molecule has 1 N–H and O–H groups in total. The fourth-order valence-electron chi connectivity index (χ4n) is 3.36. The van der Waals surface area contributed by atoms with Crippen LogP contribution in [0.2, 0.25) is 0 Å². The SMILES string of the molecule is COc1ccc(C(C)NC(=O)CN(CCc2ccccc2)S(=O)(=O)c2ccc(Br)cc2)cc1. The molecule has 0 spiro atoms. The Kier molecular flexibility index (Phi) is 8.66. The molecule has 33 heavy (non-hydrogen) atoms. The van der Waals surface area contributed by atoms with Crippen LogP contribution >= 0.6 is 15.9 Å². The molecule has 0 fully saturated rings. The Morgan fingerprint density at radius 2 is 1.64 bits per heavy atom. The molecule has 0 saturated heterocycles. The average Bonchev–Trinajstić information content (AvgIpc) is 2.82. The number of methoxy groups -OCH3 is 1. The number of carbonyl (C=O) groups is 1. The number of hydrogen-bond acceptors (Lipinski definition) is 4. The summed E-state index contributed by atoms with van der Waals surface area (Å²) in [6.45, 7) is 1.77. The van der Waals surface area contributed by atoms with Crippen molar-refractivity contribution in [2.75, 3.05) is 20.2 Å². The Morgan fingerprint density at radius 1 is 1.00 bits per heavy atom. The van der Waals surface area contributed by atoms with Gasteiger partial charge in [-0.05, 0) is 60.9 Å². The highest BCUT2D eigenvalue weighted by Crippen LogP contribution is 2.20. The number of nitrogens with zero attached hydrogens (tertiary/aromatic N) is 1. The number of carbonyl (C=O) groups excluding carboxylic acids is 1. The van der Waals surface area contributed by atoms with E-state index in [4.69, 9.17) is 4.74 Å². The van der Waals surface area contributed by atoms with Crippen LogP contribution in [0.15, 0.2) is 88.2 Å². The Bertz CT molecular complexity index is 1150. The Labute approximate surface area is 203 Å². The zero-order chi connectivity index (χ0) is 23.8. The lowest BCUT2D eigenvalue weighted by molar-refractivity contribution is -0.121. The summed E-state index contributed by atoms with van der Waals surface area (Å²) < 4.78 is 33.9. The van der Waals surface area contributed by atoms with Gasteiger partial charge in [-0.25, -0.2) is 8.42 Å². The molecule has 0 radical (unpaired) electrons. The van der Waals surface area contributed by atoms with E-state index in [2.05, 4.69) is 21.2 Å². The lowest BCUT2D eigenvalue weighted by atomic mass is 10.1. The summed E-state index contributed by atoms with van der Waals surface area (Å²) >= 11 is 3.33. The van der Waals surface area contributed by atoms with Gasteiger partial charge in [0.1, 0.15) is 5.75 Å². The second kappa shape index (κ2) is 11.4. The minimum absolute atomic E-state index is 0.148. The summed E-state index contributed by atoms with van der Waals surface area (Å²) in [4.78, 5) is 13.0. The first-order valence-electron chi connectivity index (χ1n) is 10.5. The normalized spacial score (nSPS) is 12.4. The standard InChI is InChI=1S/C25H27BrN2O4S/c1-19(21-8-12-23(32-2)13-9-21)27-25(29)18-28(17-16-20-6-4-3-5-7-20)33(30,31)24-14-10-22(26)11-15-24/h3-15,19H,16-18H2,1-2H3,(H,27,29). The molecule has 0 bridgehead atoms. The van der Waals surface area contributed by atoms with Crippen LogP contribution in [0.5, 0.6) is 5.75 Å². The van der Waals surface area contributed by atoms with Crippen LogP contribution in [0.25, 0.3) is 0 Å². The second-order valence-corrected chi connectivity index (χ2v) is 10.4. The fourth-order valence-corrected chi connectivity index (χ4v) is 5.02. The van der Waals surface area contributed by atoms with Crippen molar-refractivity contribution in [1.29, 1.82) is 0 Å². The molecule has 3 aromatic carbocycles. The number of nitrogens with one attached hydrogen (secondary N) is 1. The van der Waals surface area contributed by atoms with Crippen LogP contribution in [0.3, 0.4) is 0 Å². The van der Waals surface area contributed by atoms with E-state index in [1.54, 1.807) is 19.2 Å². The number of amides is 1. The van der Waals surface area contributed by atoms with Crippen LogP contribution in [-0.2, 0) is 21.2 Å². The maximum atomic E-state index is 13.3. The Balaban J connectivity index is 1.75. The van der Waals surface area contributed by atoms with Gasteiger partial charge in [0.05, 0.1) is 24.6 Å². The van der Waals surface area contributed by atoms with Gasteiger partial charge in [-0.3, -0.25) is 4.79 Å². The summed E-state index contributed by atoms with van der Waals surface area (Å²) in [5.41, 5.74) is 1.90. The van der Waals surface area contributed by atoms with Crippen molar-refractivity contribution in [2.45, 2.75) is 24.3 Å². The van der Waals surface area contributed by atoms with Gasteiger partial charge in [0.25, 0.3) is 0 Å². The largest absolute Gasteiger partial charge is 0.497 e. The predicted octanol–water partition coefficient (Wildman–Crippen LogP) is 4.57.